The molecule has 2 rings (SSSR count). The number of anilines is 1. The predicted octanol–water partition coefficient (Wildman–Crippen LogP) is 2.62. The van der Waals surface area contributed by atoms with Crippen LogP contribution in [0.4, 0.5) is 5.13 Å². The van der Waals surface area contributed by atoms with Gasteiger partial charge in [-0.05, 0) is 12.1 Å². The number of fused-ring (bicyclic) bond motifs is 1. The minimum absolute atomic E-state index is 0.591. The first-order valence-electron chi connectivity index (χ1n) is 4.01. The first-order valence-corrected chi connectivity index (χ1v) is 5.95. The Labute approximate surface area is 94.3 Å². The third-order valence-electron chi connectivity index (χ3n) is 1.73. The monoisotopic (exact) mass is 266 g/mol. The van der Waals surface area contributed by atoms with Crippen LogP contribution in [0.25, 0.3) is 10.2 Å². The van der Waals surface area contributed by atoms with E-state index in [1.165, 1.54) is 11.3 Å². The lowest BCUT2D eigenvalue weighted by Gasteiger charge is -1.90. The van der Waals surface area contributed by atoms with E-state index >= 15 is 0 Å². The average Bonchev–Trinajstić information content (AvgIpc) is 2.55. The third-order valence-corrected chi connectivity index (χ3v) is 2.86. The first-order chi connectivity index (χ1) is 6.81. The van der Waals surface area contributed by atoms with Crippen LogP contribution in [-0.2, 0) is 0 Å². The smallest absolute Gasteiger partial charge is 0.181 e. The summed E-state index contributed by atoms with van der Waals surface area (Å²) in [7, 11) is 0. The van der Waals surface area contributed by atoms with Crippen LogP contribution in [0.2, 0.25) is 0 Å². The van der Waals surface area contributed by atoms with Crippen molar-refractivity contribution < 1.29 is 0 Å². The molecule has 0 aliphatic carbocycles. The van der Waals surface area contributed by atoms with Crippen LogP contribution < -0.4 is 5.73 Å². The van der Waals surface area contributed by atoms with Crippen molar-refractivity contribution >= 4 is 42.6 Å². The number of nitrogens with zero attached hydrogens (tertiary/aromatic N) is 1. The van der Waals surface area contributed by atoms with E-state index < -0.39 is 0 Å². The van der Waals surface area contributed by atoms with Crippen LogP contribution in [0.15, 0.2) is 18.2 Å². The molecule has 0 spiro atoms. The number of rotatable bonds is 0. The van der Waals surface area contributed by atoms with Gasteiger partial charge in [-0.15, -0.1) is 0 Å². The van der Waals surface area contributed by atoms with Crippen LogP contribution in [0.3, 0.4) is 0 Å². The molecule has 0 aliphatic rings. The predicted molar refractivity (Wildman–Crippen MR) is 64.7 cm³/mol. The molecule has 0 fully saturated rings. The summed E-state index contributed by atoms with van der Waals surface area (Å²) in [5.41, 5.74) is 7.48. The SMILES string of the molecule is Nc1nc2c(C#CCBr)cccc2s1. The molecule has 1 aromatic heterocycles. The molecule has 0 aliphatic heterocycles. The van der Waals surface area contributed by atoms with Crippen LogP contribution in [-0.4, -0.2) is 10.3 Å². The van der Waals surface area contributed by atoms with Gasteiger partial charge >= 0.3 is 0 Å². The fourth-order valence-electron chi connectivity index (χ4n) is 1.20. The number of hydrogen-bond donors (Lipinski definition) is 1. The van der Waals surface area contributed by atoms with Crippen LogP contribution in [0, 0.1) is 11.8 Å². The summed E-state index contributed by atoms with van der Waals surface area (Å²) >= 11 is 4.75. The van der Waals surface area contributed by atoms with Gasteiger partial charge in [-0.1, -0.05) is 45.2 Å². The Bertz CT molecular complexity index is 522. The van der Waals surface area contributed by atoms with Gasteiger partial charge in [0.25, 0.3) is 0 Å². The zero-order valence-electron chi connectivity index (χ0n) is 7.25. The molecule has 0 unspecified atom stereocenters. The first kappa shape index (κ1) is 9.50. The van der Waals surface area contributed by atoms with Crippen LogP contribution in [0.1, 0.15) is 5.56 Å². The van der Waals surface area contributed by atoms with Crippen molar-refractivity contribution in [2.75, 3.05) is 11.1 Å². The second-order valence-electron chi connectivity index (χ2n) is 2.64. The standard InChI is InChI=1S/C10H7BrN2S/c11-6-2-4-7-3-1-5-8-9(7)13-10(12)14-8/h1,3,5H,6H2,(H2,12,13). The summed E-state index contributed by atoms with van der Waals surface area (Å²) in [5.74, 6) is 6.00. The quantitative estimate of drug-likeness (QED) is 0.588. The average molecular weight is 267 g/mol. The molecule has 14 heavy (non-hydrogen) atoms. The molecule has 2 aromatic rings. The Balaban J connectivity index is 2.64. The van der Waals surface area contributed by atoms with E-state index in [1.54, 1.807) is 0 Å². The molecule has 4 heteroatoms. The van der Waals surface area contributed by atoms with Gasteiger partial charge in [0.1, 0.15) is 0 Å². The highest BCUT2D eigenvalue weighted by molar-refractivity contribution is 9.09. The maximum Gasteiger partial charge on any atom is 0.181 e. The maximum absolute atomic E-state index is 5.64. The van der Waals surface area contributed by atoms with E-state index in [0.717, 1.165) is 15.8 Å². The van der Waals surface area contributed by atoms with Crippen molar-refractivity contribution in [1.29, 1.82) is 0 Å². The summed E-state index contributed by atoms with van der Waals surface area (Å²) in [6.45, 7) is 0. The number of nitrogen functional groups attached to an aromatic ring is 1. The normalized spacial score (nSPS) is 9.79. The fourth-order valence-corrected chi connectivity index (χ4v) is 2.10. The van der Waals surface area contributed by atoms with Crippen molar-refractivity contribution in [2.24, 2.45) is 0 Å². The highest BCUT2D eigenvalue weighted by atomic mass is 79.9. The molecule has 1 heterocycles. The lowest BCUT2D eigenvalue weighted by atomic mass is 10.2. The molecule has 0 saturated carbocycles. The second kappa shape index (κ2) is 3.99. The summed E-state index contributed by atoms with van der Waals surface area (Å²) in [5, 5.41) is 1.26. The number of alkyl halides is 1. The molecule has 2 N–H and O–H groups in total. The molecule has 0 bridgehead atoms. The number of thiazole rings is 1. The van der Waals surface area contributed by atoms with Gasteiger partial charge in [-0.3, -0.25) is 0 Å². The Morgan fingerprint density at radius 1 is 1.50 bits per heavy atom. The van der Waals surface area contributed by atoms with E-state index in [-0.39, 0.29) is 0 Å². The second-order valence-corrected chi connectivity index (χ2v) is 4.26. The maximum atomic E-state index is 5.64. The number of para-hydroxylation sites is 1. The summed E-state index contributed by atoms with van der Waals surface area (Å²) < 4.78 is 1.09. The Hall–Kier alpha value is -1.05. The van der Waals surface area contributed by atoms with E-state index in [2.05, 4.69) is 32.8 Å². The van der Waals surface area contributed by atoms with Gasteiger partial charge in [-0.2, -0.15) is 0 Å². The molecule has 2 nitrogen and oxygen atoms in total. The number of nitrogens with two attached hydrogens (primary N) is 1. The van der Waals surface area contributed by atoms with E-state index in [9.17, 15) is 0 Å². The van der Waals surface area contributed by atoms with Crippen LogP contribution >= 0.6 is 27.3 Å². The third kappa shape index (κ3) is 1.74. The Kier molecular flexibility index (Phi) is 2.71. The Morgan fingerprint density at radius 2 is 2.36 bits per heavy atom. The summed E-state index contributed by atoms with van der Waals surface area (Å²) in [4.78, 5) is 4.24. The highest BCUT2D eigenvalue weighted by Crippen LogP contribution is 2.25. The van der Waals surface area contributed by atoms with Gasteiger partial charge in [0.05, 0.1) is 21.1 Å². The number of halogens is 1. The largest absolute Gasteiger partial charge is 0.375 e. The topological polar surface area (TPSA) is 38.9 Å². The highest BCUT2D eigenvalue weighted by Gasteiger charge is 2.03. The van der Waals surface area contributed by atoms with Crippen molar-refractivity contribution in [2.45, 2.75) is 0 Å². The van der Waals surface area contributed by atoms with Gasteiger partial charge in [0.2, 0.25) is 0 Å². The van der Waals surface area contributed by atoms with Crippen molar-refractivity contribution in [1.82, 2.24) is 4.98 Å². The fraction of sp³-hybridized carbons (Fsp3) is 0.100. The molecule has 0 radical (unpaired) electrons. The van der Waals surface area contributed by atoms with E-state index in [0.29, 0.717) is 10.5 Å². The zero-order valence-corrected chi connectivity index (χ0v) is 9.65. The molecule has 70 valence electrons. The van der Waals surface area contributed by atoms with Gasteiger partial charge in [-0.25, -0.2) is 4.98 Å². The molecule has 0 atom stereocenters. The summed E-state index contributed by atoms with van der Waals surface area (Å²) in [6, 6.07) is 5.93. The number of benzene rings is 1. The van der Waals surface area contributed by atoms with Gasteiger partial charge in [0.15, 0.2) is 5.13 Å². The number of aromatic nitrogens is 1. The van der Waals surface area contributed by atoms with Crippen LogP contribution in [0.5, 0.6) is 0 Å². The van der Waals surface area contributed by atoms with Gasteiger partial charge < -0.3 is 5.73 Å². The number of hydrogen-bond acceptors (Lipinski definition) is 3. The lowest BCUT2D eigenvalue weighted by Crippen LogP contribution is -1.82. The molecule has 0 saturated heterocycles. The molecule has 0 amide bonds. The zero-order chi connectivity index (χ0) is 9.97. The van der Waals surface area contributed by atoms with Crippen molar-refractivity contribution in [3.63, 3.8) is 0 Å². The van der Waals surface area contributed by atoms with Crippen molar-refractivity contribution in [3.8, 4) is 11.8 Å². The Morgan fingerprint density at radius 3 is 3.14 bits per heavy atom. The molecular formula is C10H7BrN2S. The minimum atomic E-state index is 0.591. The lowest BCUT2D eigenvalue weighted by molar-refractivity contribution is 1.48. The van der Waals surface area contributed by atoms with Crippen molar-refractivity contribution in [3.05, 3.63) is 23.8 Å². The minimum Gasteiger partial charge on any atom is -0.375 e. The summed E-state index contributed by atoms with van der Waals surface area (Å²) in [6.07, 6.45) is 0. The molecular weight excluding hydrogens is 260 g/mol. The molecule has 1 aromatic carbocycles. The van der Waals surface area contributed by atoms with Gasteiger partial charge in [0, 0.05) is 0 Å². The van der Waals surface area contributed by atoms with E-state index in [1.807, 2.05) is 18.2 Å². The van der Waals surface area contributed by atoms with E-state index in [4.69, 9.17) is 5.73 Å².